The second kappa shape index (κ2) is 10.1. The Labute approximate surface area is 182 Å². The van der Waals surface area contributed by atoms with Crippen molar-refractivity contribution in [2.75, 3.05) is 31.6 Å². The maximum absolute atomic E-state index is 12.6. The predicted octanol–water partition coefficient (Wildman–Crippen LogP) is 4.00. The van der Waals surface area contributed by atoms with Gasteiger partial charge in [-0.05, 0) is 74.5 Å². The average molecular weight is 421 g/mol. The first-order valence-corrected chi connectivity index (χ1v) is 10.5. The van der Waals surface area contributed by atoms with Crippen LogP contribution in [-0.2, 0) is 4.74 Å². The first kappa shape index (κ1) is 22.4. The fraction of sp³-hybridized carbons (Fsp3) is 0.333. The highest BCUT2D eigenvalue weighted by molar-refractivity contribution is 6.03. The first-order valence-electron chi connectivity index (χ1n) is 10.5. The molecule has 3 aromatic rings. The van der Waals surface area contributed by atoms with E-state index in [4.69, 9.17) is 4.74 Å². The summed E-state index contributed by atoms with van der Waals surface area (Å²) in [5.41, 5.74) is 4.89. The van der Waals surface area contributed by atoms with Crippen LogP contribution in [0.5, 0.6) is 0 Å². The Bertz CT molecular complexity index is 1080. The van der Waals surface area contributed by atoms with Crippen LogP contribution in [0.3, 0.4) is 0 Å². The highest BCUT2D eigenvalue weighted by Gasteiger charge is 2.12. The Morgan fingerprint density at radius 1 is 1.00 bits per heavy atom. The van der Waals surface area contributed by atoms with E-state index < -0.39 is 0 Å². The van der Waals surface area contributed by atoms with Crippen LogP contribution in [0.15, 0.2) is 42.6 Å². The molecule has 7 nitrogen and oxygen atoms in total. The van der Waals surface area contributed by atoms with E-state index in [1.54, 1.807) is 24.3 Å². The van der Waals surface area contributed by atoms with Crippen LogP contribution >= 0.6 is 0 Å². The summed E-state index contributed by atoms with van der Waals surface area (Å²) in [6, 6.07) is 10.5. The summed E-state index contributed by atoms with van der Waals surface area (Å²) < 4.78 is 5.33. The molecule has 0 radical (unpaired) electrons. The summed E-state index contributed by atoms with van der Waals surface area (Å²) in [5.74, 6) is -0.738. The maximum atomic E-state index is 12.6. The number of aryl methyl sites for hydroxylation is 2. The number of hydrogen-bond donors (Lipinski definition) is 1. The van der Waals surface area contributed by atoms with Gasteiger partial charge in [-0.3, -0.25) is 9.78 Å². The van der Waals surface area contributed by atoms with E-state index in [9.17, 15) is 9.59 Å². The third kappa shape index (κ3) is 5.64. The van der Waals surface area contributed by atoms with Gasteiger partial charge in [0.1, 0.15) is 12.3 Å². The van der Waals surface area contributed by atoms with Gasteiger partial charge in [-0.25, -0.2) is 9.78 Å². The van der Waals surface area contributed by atoms with E-state index >= 15 is 0 Å². The standard InChI is InChI=1S/C24H28N4O3/c1-5-28(6-2)11-12-31-24(30)18-7-9-19(10-8-18)26-23(29)22-15-25-20-13-16(3)17(4)14-21(20)27-22/h7-10,13-15H,5-6,11-12H2,1-4H3,(H,26,29). The van der Waals surface area contributed by atoms with Gasteiger partial charge in [-0.15, -0.1) is 0 Å². The lowest BCUT2D eigenvalue weighted by atomic mass is 10.1. The molecule has 0 bridgehead atoms. The van der Waals surface area contributed by atoms with Gasteiger partial charge in [0.2, 0.25) is 0 Å². The number of carbonyl (C=O) groups excluding carboxylic acids is 2. The normalized spacial score (nSPS) is 11.0. The lowest BCUT2D eigenvalue weighted by Gasteiger charge is -2.17. The summed E-state index contributed by atoms with van der Waals surface area (Å²) >= 11 is 0. The Morgan fingerprint density at radius 3 is 2.29 bits per heavy atom. The molecule has 0 saturated carbocycles. The Morgan fingerprint density at radius 2 is 1.65 bits per heavy atom. The summed E-state index contributed by atoms with van der Waals surface area (Å²) in [5, 5.41) is 2.79. The predicted molar refractivity (Wildman–Crippen MR) is 121 cm³/mol. The zero-order valence-corrected chi connectivity index (χ0v) is 18.4. The number of anilines is 1. The van der Waals surface area contributed by atoms with Gasteiger partial charge in [-0.2, -0.15) is 0 Å². The van der Waals surface area contributed by atoms with Gasteiger partial charge < -0.3 is 15.0 Å². The van der Waals surface area contributed by atoms with Gasteiger partial charge >= 0.3 is 5.97 Å². The lowest BCUT2D eigenvalue weighted by Crippen LogP contribution is -2.27. The molecule has 0 aliphatic carbocycles. The number of likely N-dealkylation sites (N-methyl/N-ethyl adjacent to an activating group) is 1. The largest absolute Gasteiger partial charge is 0.461 e. The molecule has 0 unspecified atom stereocenters. The van der Waals surface area contributed by atoms with Crippen molar-refractivity contribution in [3.63, 3.8) is 0 Å². The molecule has 162 valence electrons. The molecule has 0 atom stereocenters. The van der Waals surface area contributed by atoms with Crippen molar-refractivity contribution in [2.45, 2.75) is 27.7 Å². The van der Waals surface area contributed by atoms with Crippen molar-refractivity contribution in [1.82, 2.24) is 14.9 Å². The summed E-state index contributed by atoms with van der Waals surface area (Å²) in [6.45, 7) is 11.1. The number of nitrogens with one attached hydrogen (secondary N) is 1. The second-order valence-electron chi connectivity index (χ2n) is 7.37. The minimum atomic E-state index is -0.379. The van der Waals surface area contributed by atoms with Gasteiger partial charge in [0.15, 0.2) is 0 Å². The van der Waals surface area contributed by atoms with Crippen molar-refractivity contribution in [2.24, 2.45) is 0 Å². The second-order valence-corrected chi connectivity index (χ2v) is 7.37. The molecule has 0 saturated heterocycles. The quantitative estimate of drug-likeness (QED) is 0.555. The number of rotatable bonds is 8. The number of esters is 1. The fourth-order valence-corrected chi connectivity index (χ4v) is 3.15. The van der Waals surface area contributed by atoms with Gasteiger partial charge in [0.25, 0.3) is 5.91 Å². The topological polar surface area (TPSA) is 84.4 Å². The molecule has 0 spiro atoms. The van der Waals surface area contributed by atoms with Crippen molar-refractivity contribution >= 4 is 28.6 Å². The average Bonchev–Trinajstić information content (AvgIpc) is 2.77. The van der Waals surface area contributed by atoms with Crippen molar-refractivity contribution in [3.05, 3.63) is 65.0 Å². The van der Waals surface area contributed by atoms with E-state index in [0.29, 0.717) is 29.9 Å². The Hall–Kier alpha value is -3.32. The summed E-state index contributed by atoms with van der Waals surface area (Å²) in [6.07, 6.45) is 1.47. The molecular weight excluding hydrogens is 392 g/mol. The third-order valence-electron chi connectivity index (χ3n) is 5.30. The summed E-state index contributed by atoms with van der Waals surface area (Å²) in [4.78, 5) is 35.7. The number of nitrogens with zero attached hydrogens (tertiary/aromatic N) is 3. The molecule has 2 aromatic carbocycles. The number of amides is 1. The number of ether oxygens (including phenoxy) is 1. The molecule has 0 aliphatic rings. The minimum absolute atomic E-state index is 0.232. The van der Waals surface area contributed by atoms with Crippen molar-refractivity contribution in [3.8, 4) is 0 Å². The van der Waals surface area contributed by atoms with E-state index in [0.717, 1.165) is 29.7 Å². The number of hydrogen-bond acceptors (Lipinski definition) is 6. The molecule has 1 amide bonds. The number of fused-ring (bicyclic) bond motifs is 1. The first-order chi connectivity index (χ1) is 14.9. The number of aromatic nitrogens is 2. The SMILES string of the molecule is CCN(CC)CCOC(=O)c1ccc(NC(=O)c2cnc3cc(C)c(C)cc3n2)cc1. The lowest BCUT2D eigenvalue weighted by molar-refractivity contribution is 0.0466. The highest BCUT2D eigenvalue weighted by Crippen LogP contribution is 2.17. The van der Waals surface area contributed by atoms with E-state index in [2.05, 4.69) is 34.0 Å². The molecule has 1 aromatic heterocycles. The van der Waals surface area contributed by atoms with Crippen LogP contribution in [0.2, 0.25) is 0 Å². The van der Waals surface area contributed by atoms with Crippen LogP contribution in [0.25, 0.3) is 11.0 Å². The maximum Gasteiger partial charge on any atom is 0.338 e. The van der Waals surface area contributed by atoms with Crippen LogP contribution in [-0.4, -0.2) is 53.0 Å². The summed E-state index contributed by atoms with van der Waals surface area (Å²) in [7, 11) is 0. The molecule has 1 N–H and O–H groups in total. The van der Waals surface area contributed by atoms with E-state index in [1.807, 2.05) is 26.0 Å². The molecule has 31 heavy (non-hydrogen) atoms. The van der Waals surface area contributed by atoms with Gasteiger partial charge in [0.05, 0.1) is 22.8 Å². The van der Waals surface area contributed by atoms with E-state index in [-0.39, 0.29) is 17.6 Å². The Balaban J connectivity index is 1.61. The molecule has 3 rings (SSSR count). The van der Waals surface area contributed by atoms with Crippen LogP contribution < -0.4 is 5.32 Å². The fourth-order valence-electron chi connectivity index (χ4n) is 3.15. The zero-order chi connectivity index (χ0) is 22.4. The molecule has 0 aliphatic heterocycles. The molecule has 7 heteroatoms. The molecular formula is C24H28N4O3. The molecule has 0 fully saturated rings. The Kier molecular flexibility index (Phi) is 7.31. The van der Waals surface area contributed by atoms with Gasteiger partial charge in [-0.1, -0.05) is 13.8 Å². The van der Waals surface area contributed by atoms with Crippen molar-refractivity contribution < 1.29 is 14.3 Å². The van der Waals surface area contributed by atoms with Gasteiger partial charge in [0, 0.05) is 12.2 Å². The molecule has 1 heterocycles. The van der Waals surface area contributed by atoms with Crippen LogP contribution in [0.1, 0.15) is 45.8 Å². The minimum Gasteiger partial charge on any atom is -0.461 e. The monoisotopic (exact) mass is 420 g/mol. The van der Waals surface area contributed by atoms with Crippen molar-refractivity contribution in [1.29, 1.82) is 0 Å². The smallest absolute Gasteiger partial charge is 0.338 e. The van der Waals surface area contributed by atoms with E-state index in [1.165, 1.54) is 6.20 Å². The third-order valence-corrected chi connectivity index (χ3v) is 5.30. The van der Waals surface area contributed by atoms with Crippen LogP contribution in [0.4, 0.5) is 5.69 Å². The number of carbonyl (C=O) groups is 2. The number of benzene rings is 2. The highest BCUT2D eigenvalue weighted by atomic mass is 16.5. The zero-order valence-electron chi connectivity index (χ0n) is 18.4. The van der Waals surface area contributed by atoms with Crippen LogP contribution in [0, 0.1) is 13.8 Å².